The maximum absolute atomic E-state index is 11.9. The molecule has 0 N–H and O–H groups in total. The van der Waals surface area contributed by atoms with Gasteiger partial charge in [-0.25, -0.2) is 4.79 Å². The van der Waals surface area contributed by atoms with E-state index in [4.69, 9.17) is 14.2 Å². The summed E-state index contributed by atoms with van der Waals surface area (Å²) in [6.45, 7) is 3.00. The molecule has 2 aromatic rings. The van der Waals surface area contributed by atoms with E-state index in [9.17, 15) is 4.79 Å². The molecular formula is C17H20N4O4. The number of hydrogen-bond acceptors (Lipinski definition) is 8. The predicted octanol–water partition coefficient (Wildman–Crippen LogP) is 1.12. The normalized spacial score (nSPS) is 14.2. The van der Waals surface area contributed by atoms with Crippen LogP contribution in [-0.4, -0.2) is 60.9 Å². The molecule has 1 aliphatic heterocycles. The molecule has 2 aromatic heterocycles. The molecule has 0 spiro atoms. The minimum absolute atomic E-state index is 0.153. The number of methoxy groups -OCH3 is 1. The number of pyridine rings is 1. The molecule has 8 heteroatoms. The van der Waals surface area contributed by atoms with Crippen LogP contribution >= 0.6 is 0 Å². The van der Waals surface area contributed by atoms with Crippen LogP contribution in [0.15, 0.2) is 30.5 Å². The van der Waals surface area contributed by atoms with Crippen molar-refractivity contribution in [2.24, 2.45) is 0 Å². The number of morpholine rings is 1. The van der Waals surface area contributed by atoms with Crippen molar-refractivity contribution in [1.29, 1.82) is 0 Å². The topological polar surface area (TPSA) is 86.7 Å². The zero-order valence-corrected chi connectivity index (χ0v) is 14.1. The third kappa shape index (κ3) is 4.63. The molecule has 1 fully saturated rings. The van der Waals surface area contributed by atoms with E-state index in [1.807, 2.05) is 23.1 Å². The summed E-state index contributed by atoms with van der Waals surface area (Å²) < 4.78 is 15.8. The molecule has 0 amide bonds. The highest BCUT2D eigenvalue weighted by atomic mass is 16.5. The molecule has 25 heavy (non-hydrogen) atoms. The second kappa shape index (κ2) is 8.39. The van der Waals surface area contributed by atoms with Gasteiger partial charge >= 0.3 is 12.0 Å². The first-order valence-electron chi connectivity index (χ1n) is 8.09. The van der Waals surface area contributed by atoms with Crippen molar-refractivity contribution in [3.8, 4) is 6.01 Å². The summed E-state index contributed by atoms with van der Waals surface area (Å²) in [7, 11) is 1.32. The molecule has 1 saturated heterocycles. The smallest absolute Gasteiger partial charge is 0.356 e. The van der Waals surface area contributed by atoms with Crippen molar-refractivity contribution in [1.82, 2.24) is 15.0 Å². The van der Waals surface area contributed by atoms with Crippen molar-refractivity contribution >= 4 is 11.8 Å². The Hall–Kier alpha value is -2.74. The van der Waals surface area contributed by atoms with E-state index in [-0.39, 0.29) is 11.7 Å². The average molecular weight is 344 g/mol. The number of hydrogen-bond donors (Lipinski definition) is 0. The highest BCUT2D eigenvalue weighted by Gasteiger charge is 2.18. The summed E-state index contributed by atoms with van der Waals surface area (Å²) in [6.07, 6.45) is 2.36. The summed E-state index contributed by atoms with van der Waals surface area (Å²) >= 11 is 0. The van der Waals surface area contributed by atoms with Gasteiger partial charge in [0.25, 0.3) is 0 Å². The molecule has 132 valence electrons. The van der Waals surface area contributed by atoms with Crippen LogP contribution < -0.4 is 9.64 Å². The zero-order chi connectivity index (χ0) is 17.5. The molecule has 1 aliphatic rings. The fourth-order valence-corrected chi connectivity index (χ4v) is 2.43. The Morgan fingerprint density at radius 3 is 2.84 bits per heavy atom. The number of rotatable bonds is 6. The van der Waals surface area contributed by atoms with Crippen LogP contribution in [-0.2, 0) is 15.9 Å². The Kier molecular flexibility index (Phi) is 5.73. The molecule has 0 bridgehead atoms. The number of esters is 1. The van der Waals surface area contributed by atoms with Gasteiger partial charge in [0.1, 0.15) is 5.82 Å². The van der Waals surface area contributed by atoms with Crippen molar-refractivity contribution in [3.63, 3.8) is 0 Å². The van der Waals surface area contributed by atoms with Gasteiger partial charge in [-0.05, 0) is 12.1 Å². The van der Waals surface area contributed by atoms with E-state index in [1.54, 1.807) is 12.3 Å². The van der Waals surface area contributed by atoms with E-state index >= 15 is 0 Å². The Morgan fingerprint density at radius 1 is 1.28 bits per heavy atom. The minimum atomic E-state index is -0.522. The molecule has 0 atom stereocenters. The number of aromatic nitrogens is 3. The lowest BCUT2D eigenvalue weighted by atomic mass is 10.3. The van der Waals surface area contributed by atoms with Crippen molar-refractivity contribution in [2.75, 3.05) is 44.9 Å². The van der Waals surface area contributed by atoms with Gasteiger partial charge < -0.3 is 19.1 Å². The van der Waals surface area contributed by atoms with E-state index in [1.165, 1.54) is 7.11 Å². The van der Waals surface area contributed by atoms with Gasteiger partial charge in [0.2, 0.25) is 0 Å². The van der Waals surface area contributed by atoms with Gasteiger partial charge in [-0.3, -0.25) is 4.98 Å². The number of carbonyl (C=O) groups excluding carboxylic acids is 1. The molecule has 0 aromatic carbocycles. The van der Waals surface area contributed by atoms with Gasteiger partial charge in [-0.1, -0.05) is 6.07 Å². The van der Waals surface area contributed by atoms with Crippen molar-refractivity contribution in [3.05, 3.63) is 41.9 Å². The number of carbonyl (C=O) groups is 1. The third-order valence-electron chi connectivity index (χ3n) is 3.74. The van der Waals surface area contributed by atoms with Crippen LogP contribution in [0.1, 0.15) is 16.2 Å². The van der Waals surface area contributed by atoms with Crippen LogP contribution in [0, 0.1) is 0 Å². The Labute approximate surface area is 145 Å². The summed E-state index contributed by atoms with van der Waals surface area (Å²) in [6, 6.07) is 7.48. The molecule has 8 nitrogen and oxygen atoms in total. The summed E-state index contributed by atoms with van der Waals surface area (Å²) in [5.74, 6) is 0.109. The van der Waals surface area contributed by atoms with Crippen molar-refractivity contribution < 1.29 is 19.0 Å². The molecule has 3 rings (SSSR count). The van der Waals surface area contributed by atoms with Crippen LogP contribution in [0.25, 0.3) is 0 Å². The molecule has 0 aliphatic carbocycles. The monoisotopic (exact) mass is 344 g/mol. The highest BCUT2D eigenvalue weighted by molar-refractivity contribution is 5.88. The van der Waals surface area contributed by atoms with Crippen LogP contribution in [0.5, 0.6) is 6.01 Å². The fourth-order valence-electron chi connectivity index (χ4n) is 2.43. The first kappa shape index (κ1) is 17.1. The van der Waals surface area contributed by atoms with E-state index in [0.29, 0.717) is 45.1 Å². The van der Waals surface area contributed by atoms with Gasteiger partial charge in [0, 0.05) is 37.5 Å². The highest BCUT2D eigenvalue weighted by Crippen LogP contribution is 2.18. The largest absolute Gasteiger partial charge is 0.464 e. The predicted molar refractivity (Wildman–Crippen MR) is 89.8 cm³/mol. The lowest BCUT2D eigenvalue weighted by Gasteiger charge is -2.28. The van der Waals surface area contributed by atoms with Gasteiger partial charge in [-0.15, -0.1) is 0 Å². The quantitative estimate of drug-likeness (QED) is 0.721. The second-order valence-electron chi connectivity index (χ2n) is 5.40. The summed E-state index contributed by atoms with van der Waals surface area (Å²) in [5, 5.41) is 0. The molecular weight excluding hydrogens is 324 g/mol. The number of nitrogens with zero attached hydrogens (tertiary/aromatic N) is 4. The van der Waals surface area contributed by atoms with Crippen molar-refractivity contribution in [2.45, 2.75) is 6.42 Å². The molecule has 0 unspecified atom stereocenters. The Balaban J connectivity index is 1.73. The molecule has 3 heterocycles. The zero-order valence-electron chi connectivity index (χ0n) is 14.1. The standard InChI is InChI=1S/C17H20N4O4/c1-23-16(22)14-12-15(21-7-10-24-11-8-21)20-17(19-14)25-9-5-13-4-2-3-6-18-13/h2-4,6,12H,5,7-11H2,1H3. The lowest BCUT2D eigenvalue weighted by molar-refractivity contribution is 0.0592. The minimum Gasteiger partial charge on any atom is -0.464 e. The first-order chi connectivity index (χ1) is 12.3. The lowest BCUT2D eigenvalue weighted by Crippen LogP contribution is -2.37. The van der Waals surface area contributed by atoms with E-state index in [2.05, 4.69) is 15.0 Å². The number of ether oxygens (including phenoxy) is 3. The maximum Gasteiger partial charge on any atom is 0.356 e. The van der Waals surface area contributed by atoms with Crippen LogP contribution in [0.4, 0.5) is 5.82 Å². The van der Waals surface area contributed by atoms with E-state index < -0.39 is 5.97 Å². The SMILES string of the molecule is COC(=O)c1cc(N2CCOCC2)nc(OCCc2ccccn2)n1. The fraction of sp³-hybridized carbons (Fsp3) is 0.412. The summed E-state index contributed by atoms with van der Waals surface area (Å²) in [4.78, 5) is 26.7. The van der Waals surface area contributed by atoms with Crippen LogP contribution in [0.2, 0.25) is 0 Å². The first-order valence-corrected chi connectivity index (χ1v) is 8.09. The summed E-state index contributed by atoms with van der Waals surface area (Å²) in [5.41, 5.74) is 1.09. The van der Waals surface area contributed by atoms with Gasteiger partial charge in [0.05, 0.1) is 26.9 Å². The molecule has 0 radical (unpaired) electrons. The molecule has 0 saturated carbocycles. The Morgan fingerprint density at radius 2 is 2.12 bits per heavy atom. The third-order valence-corrected chi connectivity index (χ3v) is 3.74. The van der Waals surface area contributed by atoms with Gasteiger partial charge in [-0.2, -0.15) is 9.97 Å². The van der Waals surface area contributed by atoms with E-state index in [0.717, 1.165) is 5.69 Å². The maximum atomic E-state index is 11.9. The number of anilines is 1. The van der Waals surface area contributed by atoms with Crippen LogP contribution in [0.3, 0.4) is 0 Å². The average Bonchev–Trinajstić information content (AvgIpc) is 2.68. The Bertz CT molecular complexity index is 705. The van der Waals surface area contributed by atoms with Gasteiger partial charge in [0.15, 0.2) is 5.69 Å². The second-order valence-corrected chi connectivity index (χ2v) is 5.40.